The molecule has 0 fully saturated rings. The van der Waals surface area contributed by atoms with Crippen molar-refractivity contribution in [3.63, 3.8) is 0 Å². The van der Waals surface area contributed by atoms with Crippen LogP contribution in [0.4, 0.5) is 18.9 Å². The van der Waals surface area contributed by atoms with E-state index < -0.39 is 11.7 Å². The van der Waals surface area contributed by atoms with Gasteiger partial charge >= 0.3 is 6.18 Å². The third kappa shape index (κ3) is 4.23. The van der Waals surface area contributed by atoms with Crippen LogP contribution in [-0.4, -0.2) is 11.3 Å². The van der Waals surface area contributed by atoms with Crippen molar-refractivity contribution in [1.82, 2.24) is 0 Å². The molecule has 0 aliphatic heterocycles. The molecule has 0 radical (unpaired) electrons. The van der Waals surface area contributed by atoms with E-state index in [4.69, 9.17) is 0 Å². The van der Waals surface area contributed by atoms with Crippen molar-refractivity contribution in [1.29, 1.82) is 0 Å². The van der Waals surface area contributed by atoms with Crippen molar-refractivity contribution in [3.8, 4) is 5.75 Å². The summed E-state index contributed by atoms with van der Waals surface area (Å²) in [6, 6.07) is 7.80. The van der Waals surface area contributed by atoms with Crippen LogP contribution in [0.2, 0.25) is 0 Å². The number of benzene rings is 2. The molecule has 0 aliphatic rings. The summed E-state index contributed by atoms with van der Waals surface area (Å²) < 4.78 is 38.5. The summed E-state index contributed by atoms with van der Waals surface area (Å²) in [5.74, 6) is 0.0150. The maximum atomic E-state index is 12.4. The molecule has 0 amide bonds. The normalized spacial score (nSPS) is 11.9. The van der Waals surface area contributed by atoms with Crippen molar-refractivity contribution < 1.29 is 18.3 Å². The molecule has 3 nitrogen and oxygen atoms in total. The first kappa shape index (κ1) is 16.8. The largest absolute Gasteiger partial charge is 0.506 e. The molecule has 8 heteroatoms. The molecule has 0 heterocycles. The number of hydrogen-bond donors (Lipinski definition) is 2. The Bertz CT molecular complexity index is 700. The number of anilines is 1. The fourth-order valence-corrected chi connectivity index (χ4v) is 2.85. The summed E-state index contributed by atoms with van der Waals surface area (Å²) in [5.41, 5.74) is 2.72. The molecule has 0 bridgehead atoms. The zero-order chi connectivity index (χ0) is 16.3. The minimum absolute atomic E-state index is 0.0150. The van der Waals surface area contributed by atoms with Gasteiger partial charge in [-0.05, 0) is 52.3 Å². The Kier molecular flexibility index (Phi) is 5.12. The highest BCUT2D eigenvalue weighted by Gasteiger charge is 2.29. The number of aromatic hydroxyl groups is 1. The van der Waals surface area contributed by atoms with E-state index in [0.29, 0.717) is 15.7 Å². The maximum Gasteiger partial charge on any atom is 0.416 e. The molecule has 2 aromatic carbocycles. The third-order valence-electron chi connectivity index (χ3n) is 2.67. The van der Waals surface area contributed by atoms with Gasteiger partial charge in [-0.2, -0.15) is 18.3 Å². The van der Waals surface area contributed by atoms with Crippen LogP contribution < -0.4 is 5.43 Å². The summed E-state index contributed by atoms with van der Waals surface area (Å²) in [6.07, 6.45) is -3.00. The summed E-state index contributed by atoms with van der Waals surface area (Å²) in [5, 5.41) is 13.7. The van der Waals surface area contributed by atoms with Gasteiger partial charge in [0.1, 0.15) is 5.75 Å². The number of hydrogen-bond acceptors (Lipinski definition) is 3. The first-order valence-electron chi connectivity index (χ1n) is 5.92. The van der Waals surface area contributed by atoms with Crippen LogP contribution >= 0.6 is 31.9 Å². The summed E-state index contributed by atoms with van der Waals surface area (Å²) in [4.78, 5) is 0. The van der Waals surface area contributed by atoms with Crippen molar-refractivity contribution >= 4 is 43.8 Å². The lowest BCUT2D eigenvalue weighted by atomic mass is 10.2. The minimum atomic E-state index is -4.36. The number of nitrogens with one attached hydrogen (secondary N) is 1. The quantitative estimate of drug-likeness (QED) is 0.500. The van der Waals surface area contributed by atoms with Gasteiger partial charge in [0.05, 0.1) is 21.9 Å². The molecular formula is C14H9Br2F3N2O. The van der Waals surface area contributed by atoms with Gasteiger partial charge in [0.25, 0.3) is 0 Å². The zero-order valence-corrected chi connectivity index (χ0v) is 14.0. The lowest BCUT2D eigenvalue weighted by Gasteiger charge is -2.07. The number of hydrazone groups is 1. The number of halogens is 5. The predicted molar refractivity (Wildman–Crippen MR) is 86.2 cm³/mol. The second-order valence-corrected chi connectivity index (χ2v) is 6.04. The van der Waals surface area contributed by atoms with Crippen LogP contribution in [-0.2, 0) is 6.18 Å². The summed E-state index contributed by atoms with van der Waals surface area (Å²) >= 11 is 6.47. The van der Waals surface area contributed by atoms with E-state index in [0.717, 1.165) is 16.6 Å². The Hall–Kier alpha value is -1.54. The van der Waals surface area contributed by atoms with Crippen LogP contribution in [0.5, 0.6) is 5.75 Å². The number of nitrogens with zero attached hydrogens (tertiary/aromatic N) is 1. The molecule has 0 unspecified atom stereocenters. The monoisotopic (exact) mass is 436 g/mol. The van der Waals surface area contributed by atoms with Gasteiger partial charge < -0.3 is 5.11 Å². The first-order valence-corrected chi connectivity index (χ1v) is 7.50. The summed E-state index contributed by atoms with van der Waals surface area (Å²) in [6.45, 7) is 0. The van der Waals surface area contributed by atoms with Crippen molar-refractivity contribution in [2.24, 2.45) is 5.10 Å². The Morgan fingerprint density at radius 1 is 1.09 bits per heavy atom. The molecule has 0 spiro atoms. The molecule has 0 saturated carbocycles. The van der Waals surface area contributed by atoms with Crippen molar-refractivity contribution in [2.45, 2.75) is 6.18 Å². The van der Waals surface area contributed by atoms with Gasteiger partial charge in [-0.1, -0.05) is 15.9 Å². The molecule has 22 heavy (non-hydrogen) atoms. The Balaban J connectivity index is 2.10. The minimum Gasteiger partial charge on any atom is -0.506 e. The zero-order valence-electron chi connectivity index (χ0n) is 10.8. The average molecular weight is 438 g/mol. The van der Waals surface area contributed by atoms with Crippen LogP contribution in [0, 0.1) is 0 Å². The molecule has 0 aromatic heterocycles. The topological polar surface area (TPSA) is 44.6 Å². The second kappa shape index (κ2) is 6.70. The van der Waals surface area contributed by atoms with Crippen LogP contribution in [0.25, 0.3) is 0 Å². The Morgan fingerprint density at radius 3 is 2.32 bits per heavy atom. The molecule has 2 rings (SSSR count). The highest BCUT2D eigenvalue weighted by molar-refractivity contribution is 9.11. The van der Waals surface area contributed by atoms with Gasteiger partial charge in [0, 0.05) is 10.0 Å². The highest BCUT2D eigenvalue weighted by atomic mass is 79.9. The Morgan fingerprint density at radius 2 is 1.73 bits per heavy atom. The fraction of sp³-hybridized carbons (Fsp3) is 0.0714. The maximum absolute atomic E-state index is 12.4. The van der Waals surface area contributed by atoms with Gasteiger partial charge in [0.2, 0.25) is 0 Å². The lowest BCUT2D eigenvalue weighted by Crippen LogP contribution is -2.04. The lowest BCUT2D eigenvalue weighted by molar-refractivity contribution is -0.137. The van der Waals surface area contributed by atoms with Crippen molar-refractivity contribution in [3.05, 3.63) is 56.5 Å². The van der Waals surface area contributed by atoms with E-state index in [1.165, 1.54) is 18.3 Å². The Labute approximate surface area is 141 Å². The van der Waals surface area contributed by atoms with Gasteiger partial charge in [-0.15, -0.1) is 0 Å². The average Bonchev–Trinajstić information content (AvgIpc) is 2.43. The third-order valence-corrected chi connectivity index (χ3v) is 3.73. The smallest absolute Gasteiger partial charge is 0.416 e. The molecule has 2 N–H and O–H groups in total. The number of alkyl halides is 3. The van der Waals surface area contributed by atoms with E-state index >= 15 is 0 Å². The SMILES string of the molecule is Oc1c(Br)cc(Br)cc1C=NNc1ccc(C(F)(F)F)cc1. The molecular weight excluding hydrogens is 429 g/mol. The standard InChI is InChI=1S/C14H9Br2F3N2O/c15-10-5-8(13(22)12(16)6-10)7-20-21-11-3-1-9(2-4-11)14(17,18)19/h1-7,21-22H. The van der Waals surface area contributed by atoms with E-state index in [-0.39, 0.29) is 5.75 Å². The van der Waals surface area contributed by atoms with E-state index in [1.54, 1.807) is 12.1 Å². The highest BCUT2D eigenvalue weighted by Crippen LogP contribution is 2.31. The molecule has 0 aliphatic carbocycles. The van der Waals surface area contributed by atoms with E-state index in [1.807, 2.05) is 0 Å². The van der Waals surface area contributed by atoms with Crippen LogP contribution in [0.3, 0.4) is 0 Å². The predicted octanol–water partition coefficient (Wildman–Crippen LogP) is 5.38. The van der Waals surface area contributed by atoms with Gasteiger partial charge in [-0.25, -0.2) is 0 Å². The molecule has 2 aromatic rings. The summed E-state index contributed by atoms with van der Waals surface area (Å²) in [7, 11) is 0. The fourth-order valence-electron chi connectivity index (χ4n) is 1.59. The van der Waals surface area contributed by atoms with Gasteiger partial charge in [-0.3, -0.25) is 5.43 Å². The van der Waals surface area contributed by atoms with Crippen LogP contribution in [0.1, 0.15) is 11.1 Å². The molecule has 0 saturated heterocycles. The van der Waals surface area contributed by atoms with Crippen LogP contribution in [0.15, 0.2) is 50.4 Å². The van der Waals surface area contributed by atoms with Gasteiger partial charge in [0.15, 0.2) is 0 Å². The van der Waals surface area contributed by atoms with E-state index in [2.05, 4.69) is 42.4 Å². The number of phenols is 1. The first-order chi connectivity index (χ1) is 10.3. The van der Waals surface area contributed by atoms with E-state index in [9.17, 15) is 18.3 Å². The molecule has 116 valence electrons. The second-order valence-electron chi connectivity index (χ2n) is 4.27. The molecule has 0 atom stereocenters. The number of rotatable bonds is 3. The van der Waals surface area contributed by atoms with Crippen molar-refractivity contribution in [2.75, 3.05) is 5.43 Å². The number of phenolic OH excluding ortho intramolecular Hbond substituents is 1.